The molecule has 0 spiro atoms. The third-order valence-electron chi connectivity index (χ3n) is 3.60. The summed E-state index contributed by atoms with van der Waals surface area (Å²) >= 11 is 0. The quantitative estimate of drug-likeness (QED) is 0.769. The summed E-state index contributed by atoms with van der Waals surface area (Å²) in [7, 11) is 1.89. The van der Waals surface area contributed by atoms with Crippen molar-refractivity contribution < 1.29 is 4.39 Å². The van der Waals surface area contributed by atoms with Crippen molar-refractivity contribution in [3.8, 4) is 11.4 Å². The van der Waals surface area contributed by atoms with Crippen LogP contribution < -0.4 is 5.32 Å². The topological polar surface area (TPSA) is 29.9 Å². The highest BCUT2D eigenvalue weighted by atomic mass is 19.1. The number of hydrogen-bond donors (Lipinski definition) is 1. The van der Waals surface area contributed by atoms with Crippen LogP contribution in [0.3, 0.4) is 0 Å². The Morgan fingerprint density at radius 3 is 2.43 bits per heavy atom. The largest absolute Gasteiger partial charge is 0.388 e. The molecule has 3 rings (SSSR count). The van der Waals surface area contributed by atoms with E-state index in [0.717, 1.165) is 28.1 Å². The molecule has 1 heterocycles. The normalized spacial score (nSPS) is 11.3. The first kappa shape index (κ1) is 13.6. The van der Waals surface area contributed by atoms with Crippen LogP contribution in [0, 0.1) is 5.82 Å². The van der Waals surface area contributed by atoms with Crippen molar-refractivity contribution in [2.75, 3.05) is 12.4 Å². The molecule has 0 atom stereocenters. The first-order valence-electron chi connectivity index (χ1n) is 7.06. The van der Waals surface area contributed by atoms with Gasteiger partial charge in [-0.15, -0.1) is 0 Å². The standard InChI is InChI=1S/C17H18FN3/c1-11(2)21-16-10-13(18)6-9-15(16)20-17(21)12-4-7-14(19-3)8-5-12/h4-11,19H,1-3H3. The predicted molar refractivity (Wildman–Crippen MR) is 85.1 cm³/mol. The van der Waals surface area contributed by atoms with E-state index in [1.807, 2.05) is 31.3 Å². The van der Waals surface area contributed by atoms with Gasteiger partial charge in [0.2, 0.25) is 0 Å². The minimum Gasteiger partial charge on any atom is -0.388 e. The SMILES string of the molecule is CNc1ccc(-c2nc3ccc(F)cc3n2C(C)C)cc1. The van der Waals surface area contributed by atoms with Crippen LogP contribution in [0.2, 0.25) is 0 Å². The van der Waals surface area contributed by atoms with E-state index in [0.29, 0.717) is 0 Å². The first-order valence-corrected chi connectivity index (χ1v) is 7.06. The predicted octanol–water partition coefficient (Wildman–Crippen LogP) is 4.47. The summed E-state index contributed by atoms with van der Waals surface area (Å²) in [6, 6.07) is 13.0. The molecule has 2 aromatic carbocycles. The Labute approximate surface area is 123 Å². The Bertz CT molecular complexity index is 773. The van der Waals surface area contributed by atoms with Crippen molar-refractivity contribution in [3.63, 3.8) is 0 Å². The average Bonchev–Trinajstić information content (AvgIpc) is 2.86. The molecule has 4 heteroatoms. The monoisotopic (exact) mass is 283 g/mol. The van der Waals surface area contributed by atoms with E-state index >= 15 is 0 Å². The number of halogens is 1. The summed E-state index contributed by atoms with van der Waals surface area (Å²) in [5, 5.41) is 3.10. The maximum atomic E-state index is 13.5. The van der Waals surface area contributed by atoms with Gasteiger partial charge in [-0.25, -0.2) is 9.37 Å². The van der Waals surface area contributed by atoms with Crippen LogP contribution in [0.5, 0.6) is 0 Å². The fourth-order valence-corrected chi connectivity index (χ4v) is 2.58. The fraction of sp³-hybridized carbons (Fsp3) is 0.235. The molecule has 3 aromatic rings. The molecule has 0 amide bonds. The highest BCUT2D eigenvalue weighted by molar-refractivity contribution is 5.81. The Balaban J connectivity index is 2.23. The molecule has 1 aromatic heterocycles. The van der Waals surface area contributed by atoms with E-state index in [4.69, 9.17) is 0 Å². The van der Waals surface area contributed by atoms with Gasteiger partial charge in [0.25, 0.3) is 0 Å². The number of anilines is 1. The molecule has 0 aliphatic rings. The zero-order valence-electron chi connectivity index (χ0n) is 12.4. The molecule has 21 heavy (non-hydrogen) atoms. The molecular formula is C17H18FN3. The second-order valence-corrected chi connectivity index (χ2v) is 5.36. The van der Waals surface area contributed by atoms with Crippen LogP contribution in [0.1, 0.15) is 19.9 Å². The summed E-state index contributed by atoms with van der Waals surface area (Å²) in [4.78, 5) is 4.68. The summed E-state index contributed by atoms with van der Waals surface area (Å²) in [5.41, 5.74) is 3.73. The molecule has 3 nitrogen and oxygen atoms in total. The van der Waals surface area contributed by atoms with E-state index in [-0.39, 0.29) is 11.9 Å². The minimum atomic E-state index is -0.235. The van der Waals surface area contributed by atoms with Gasteiger partial charge in [-0.2, -0.15) is 0 Å². The lowest BCUT2D eigenvalue weighted by Gasteiger charge is -2.13. The molecule has 0 aliphatic heterocycles. The Morgan fingerprint density at radius 2 is 1.81 bits per heavy atom. The Hall–Kier alpha value is -2.36. The number of nitrogens with one attached hydrogen (secondary N) is 1. The number of fused-ring (bicyclic) bond motifs is 1. The minimum absolute atomic E-state index is 0.204. The lowest BCUT2D eigenvalue weighted by molar-refractivity contribution is 0.613. The zero-order valence-corrected chi connectivity index (χ0v) is 12.4. The molecule has 0 saturated heterocycles. The van der Waals surface area contributed by atoms with Crippen LogP contribution in [0.25, 0.3) is 22.4 Å². The molecule has 0 saturated carbocycles. The van der Waals surface area contributed by atoms with Gasteiger partial charge in [0.1, 0.15) is 11.6 Å². The van der Waals surface area contributed by atoms with Gasteiger partial charge in [-0.3, -0.25) is 0 Å². The highest BCUT2D eigenvalue weighted by Gasteiger charge is 2.15. The van der Waals surface area contributed by atoms with Gasteiger partial charge in [-0.1, -0.05) is 0 Å². The Morgan fingerprint density at radius 1 is 1.10 bits per heavy atom. The van der Waals surface area contributed by atoms with Gasteiger partial charge >= 0.3 is 0 Å². The van der Waals surface area contributed by atoms with E-state index < -0.39 is 0 Å². The molecule has 108 valence electrons. The maximum absolute atomic E-state index is 13.5. The van der Waals surface area contributed by atoms with Crippen molar-refractivity contribution in [2.24, 2.45) is 0 Å². The lowest BCUT2D eigenvalue weighted by atomic mass is 10.2. The number of benzene rings is 2. The number of nitrogens with zero attached hydrogens (tertiary/aromatic N) is 2. The molecule has 1 N–H and O–H groups in total. The second-order valence-electron chi connectivity index (χ2n) is 5.36. The van der Waals surface area contributed by atoms with Crippen LogP contribution in [0.15, 0.2) is 42.5 Å². The molecule has 0 aliphatic carbocycles. The van der Waals surface area contributed by atoms with Crippen molar-refractivity contribution in [3.05, 3.63) is 48.3 Å². The van der Waals surface area contributed by atoms with Gasteiger partial charge in [0, 0.05) is 24.3 Å². The molecule has 0 bridgehead atoms. The number of aromatic nitrogens is 2. The van der Waals surface area contributed by atoms with Gasteiger partial charge in [0.05, 0.1) is 11.0 Å². The summed E-state index contributed by atoms with van der Waals surface area (Å²) < 4.78 is 15.6. The summed E-state index contributed by atoms with van der Waals surface area (Å²) in [5.74, 6) is 0.634. The number of imidazole rings is 1. The lowest BCUT2D eigenvalue weighted by Crippen LogP contribution is -2.03. The molecular weight excluding hydrogens is 265 g/mol. The summed E-state index contributed by atoms with van der Waals surface area (Å²) in [6.07, 6.45) is 0. The van der Waals surface area contributed by atoms with E-state index in [1.165, 1.54) is 6.07 Å². The van der Waals surface area contributed by atoms with Crippen LogP contribution in [-0.4, -0.2) is 16.6 Å². The molecule has 0 fully saturated rings. The van der Waals surface area contributed by atoms with Crippen molar-refractivity contribution >= 4 is 16.7 Å². The van der Waals surface area contributed by atoms with Crippen molar-refractivity contribution in [1.29, 1.82) is 0 Å². The Kier molecular flexibility index (Phi) is 3.37. The van der Waals surface area contributed by atoms with Gasteiger partial charge < -0.3 is 9.88 Å². The van der Waals surface area contributed by atoms with E-state index in [1.54, 1.807) is 12.1 Å². The van der Waals surface area contributed by atoms with Crippen molar-refractivity contribution in [2.45, 2.75) is 19.9 Å². The number of rotatable bonds is 3. The van der Waals surface area contributed by atoms with E-state index in [9.17, 15) is 4.39 Å². The second kappa shape index (κ2) is 5.20. The molecule has 0 radical (unpaired) electrons. The summed E-state index contributed by atoms with van der Waals surface area (Å²) in [6.45, 7) is 4.16. The van der Waals surface area contributed by atoms with Crippen LogP contribution in [0.4, 0.5) is 10.1 Å². The maximum Gasteiger partial charge on any atom is 0.141 e. The van der Waals surface area contributed by atoms with E-state index in [2.05, 4.69) is 28.7 Å². The first-order chi connectivity index (χ1) is 10.1. The fourth-order valence-electron chi connectivity index (χ4n) is 2.58. The third-order valence-corrected chi connectivity index (χ3v) is 3.60. The van der Waals surface area contributed by atoms with Crippen LogP contribution in [-0.2, 0) is 0 Å². The third kappa shape index (κ3) is 2.37. The smallest absolute Gasteiger partial charge is 0.141 e. The zero-order chi connectivity index (χ0) is 15.0. The van der Waals surface area contributed by atoms with Crippen molar-refractivity contribution in [1.82, 2.24) is 9.55 Å². The van der Waals surface area contributed by atoms with Crippen LogP contribution >= 0.6 is 0 Å². The van der Waals surface area contributed by atoms with Gasteiger partial charge in [0.15, 0.2) is 0 Å². The molecule has 0 unspecified atom stereocenters. The highest BCUT2D eigenvalue weighted by Crippen LogP contribution is 2.29. The van der Waals surface area contributed by atoms with Gasteiger partial charge in [-0.05, 0) is 56.3 Å². The average molecular weight is 283 g/mol. The number of hydrogen-bond acceptors (Lipinski definition) is 2.